The highest BCUT2D eigenvalue weighted by atomic mass is 16.2. The second-order valence-corrected chi connectivity index (χ2v) is 11.0. The quantitative estimate of drug-likeness (QED) is 0.178. The number of benzene rings is 4. The second-order valence-electron chi connectivity index (χ2n) is 11.0. The molecule has 4 aromatic carbocycles. The fourth-order valence-corrected chi connectivity index (χ4v) is 6.13. The van der Waals surface area contributed by atoms with Crippen LogP contribution in [0.5, 0.6) is 0 Å². The molecule has 0 aliphatic carbocycles. The van der Waals surface area contributed by atoms with E-state index in [-0.39, 0.29) is 18.0 Å². The Hall–Kier alpha value is -3.69. The van der Waals surface area contributed by atoms with E-state index >= 15 is 0 Å². The number of amides is 1. The fourth-order valence-electron chi connectivity index (χ4n) is 6.13. The third-order valence-electron chi connectivity index (χ3n) is 8.29. The number of rotatable bonds is 13. The first kappa shape index (κ1) is 27.9. The highest BCUT2D eigenvalue weighted by Crippen LogP contribution is 2.30. The Kier molecular flexibility index (Phi) is 10.2. The first-order chi connectivity index (χ1) is 19.8. The first-order valence-corrected chi connectivity index (χ1v) is 15.0. The Morgan fingerprint density at radius 1 is 0.575 bits per heavy atom. The molecule has 1 saturated heterocycles. The van der Waals surface area contributed by atoms with Crippen molar-refractivity contribution in [2.24, 2.45) is 0 Å². The molecule has 1 aliphatic rings. The zero-order chi connectivity index (χ0) is 27.4. The van der Waals surface area contributed by atoms with Crippen LogP contribution in [0.25, 0.3) is 0 Å². The van der Waals surface area contributed by atoms with E-state index < -0.39 is 0 Å². The molecule has 3 nitrogen and oxygen atoms in total. The summed E-state index contributed by atoms with van der Waals surface area (Å²) in [6.45, 7) is 2.60. The van der Waals surface area contributed by atoms with E-state index in [0.29, 0.717) is 0 Å². The van der Waals surface area contributed by atoms with Gasteiger partial charge in [0.15, 0.2) is 0 Å². The van der Waals surface area contributed by atoms with Gasteiger partial charge in [-0.3, -0.25) is 9.69 Å². The minimum atomic E-state index is -0.218. The van der Waals surface area contributed by atoms with E-state index in [1.54, 1.807) is 0 Å². The number of piperazine rings is 1. The normalized spacial score (nSPS) is 16.0. The van der Waals surface area contributed by atoms with Gasteiger partial charge in [-0.15, -0.1) is 0 Å². The molecule has 40 heavy (non-hydrogen) atoms. The summed E-state index contributed by atoms with van der Waals surface area (Å²) in [7, 11) is 0. The number of carbonyl (C=O) groups is 1. The first-order valence-electron chi connectivity index (χ1n) is 15.0. The molecule has 0 bridgehead atoms. The highest BCUT2D eigenvalue weighted by molar-refractivity contribution is 5.84. The van der Waals surface area contributed by atoms with Crippen molar-refractivity contribution in [1.29, 1.82) is 0 Å². The lowest BCUT2D eigenvalue weighted by Crippen LogP contribution is -2.55. The summed E-state index contributed by atoms with van der Waals surface area (Å²) in [6.07, 6.45) is 7.35. The topological polar surface area (TPSA) is 23.6 Å². The van der Waals surface area contributed by atoms with Gasteiger partial charge in [0.25, 0.3) is 0 Å². The largest absolute Gasteiger partial charge is 0.337 e. The van der Waals surface area contributed by atoms with Gasteiger partial charge in [-0.25, -0.2) is 0 Å². The molecule has 1 heterocycles. The summed E-state index contributed by atoms with van der Waals surface area (Å²) in [5.41, 5.74) is 5.19. The highest BCUT2D eigenvalue weighted by Gasteiger charge is 2.38. The maximum atomic E-state index is 14.3. The summed E-state index contributed by atoms with van der Waals surface area (Å²) >= 11 is 0. The molecule has 1 fully saturated rings. The number of hydrogen-bond acceptors (Lipinski definition) is 2. The predicted octanol–water partition coefficient (Wildman–Crippen LogP) is 7.53. The third-order valence-corrected chi connectivity index (χ3v) is 8.29. The average molecular weight is 531 g/mol. The SMILES string of the molecule is O=C1C(c2ccccc2)N(CCc2ccccc2)CCN1C(CCCc1ccccc1)CCCc1ccccc1. The van der Waals surface area contributed by atoms with E-state index in [1.165, 1.54) is 16.7 Å². The van der Waals surface area contributed by atoms with Crippen LogP contribution < -0.4 is 0 Å². The number of hydrogen-bond donors (Lipinski definition) is 0. The Morgan fingerprint density at radius 3 is 1.52 bits per heavy atom. The summed E-state index contributed by atoms with van der Waals surface area (Å²) in [5, 5.41) is 0. The fraction of sp³-hybridized carbons (Fsp3) is 0.324. The van der Waals surface area contributed by atoms with E-state index in [9.17, 15) is 4.79 Å². The molecule has 4 aromatic rings. The van der Waals surface area contributed by atoms with Gasteiger partial charge in [-0.05, 0) is 67.2 Å². The van der Waals surface area contributed by atoms with Crippen LogP contribution in [0.1, 0.15) is 54.0 Å². The molecule has 0 radical (unpaired) electrons. The molecule has 1 unspecified atom stereocenters. The van der Waals surface area contributed by atoms with Crippen molar-refractivity contribution in [3.05, 3.63) is 144 Å². The van der Waals surface area contributed by atoms with Gasteiger partial charge in [-0.1, -0.05) is 121 Å². The minimum Gasteiger partial charge on any atom is -0.337 e. The van der Waals surface area contributed by atoms with Crippen LogP contribution in [-0.2, 0) is 24.1 Å². The lowest BCUT2D eigenvalue weighted by molar-refractivity contribution is -0.145. The summed E-state index contributed by atoms with van der Waals surface area (Å²) in [5.74, 6) is 0.273. The molecule has 0 N–H and O–H groups in total. The molecule has 1 amide bonds. The van der Waals surface area contributed by atoms with E-state index in [4.69, 9.17) is 0 Å². The van der Waals surface area contributed by atoms with Gasteiger partial charge in [0.2, 0.25) is 5.91 Å². The van der Waals surface area contributed by atoms with Crippen LogP contribution in [0.15, 0.2) is 121 Å². The van der Waals surface area contributed by atoms with Crippen molar-refractivity contribution in [2.45, 2.75) is 57.0 Å². The standard InChI is InChI=1S/C37H42N2O/c40-37-36(34-23-11-4-12-24-34)38(28-27-33-19-9-3-10-20-33)29-30-39(37)35(25-13-21-31-15-5-1-6-16-31)26-14-22-32-17-7-2-8-18-32/h1-12,15-20,23-24,35-36H,13-14,21-22,25-30H2. The Morgan fingerprint density at radius 2 is 1.02 bits per heavy atom. The van der Waals surface area contributed by atoms with E-state index in [0.717, 1.165) is 70.1 Å². The van der Waals surface area contributed by atoms with E-state index in [2.05, 4.69) is 125 Å². The number of aryl methyl sites for hydroxylation is 2. The lowest BCUT2D eigenvalue weighted by atomic mass is 9.94. The summed E-state index contributed by atoms with van der Waals surface area (Å²) in [4.78, 5) is 19.0. The van der Waals surface area contributed by atoms with Crippen molar-refractivity contribution in [3.8, 4) is 0 Å². The molecule has 0 saturated carbocycles. The van der Waals surface area contributed by atoms with Crippen molar-refractivity contribution < 1.29 is 4.79 Å². The molecule has 1 atom stereocenters. The third kappa shape index (κ3) is 7.70. The number of nitrogens with zero attached hydrogens (tertiary/aromatic N) is 2. The smallest absolute Gasteiger partial charge is 0.244 e. The molecular weight excluding hydrogens is 488 g/mol. The Bertz CT molecular complexity index is 1230. The maximum absolute atomic E-state index is 14.3. The minimum absolute atomic E-state index is 0.218. The van der Waals surface area contributed by atoms with Gasteiger partial charge in [0.1, 0.15) is 6.04 Å². The van der Waals surface area contributed by atoms with Crippen molar-refractivity contribution in [3.63, 3.8) is 0 Å². The van der Waals surface area contributed by atoms with Crippen LogP contribution in [0, 0.1) is 0 Å². The summed E-state index contributed by atoms with van der Waals surface area (Å²) in [6, 6.07) is 42.6. The zero-order valence-electron chi connectivity index (χ0n) is 23.6. The predicted molar refractivity (Wildman–Crippen MR) is 165 cm³/mol. The van der Waals surface area contributed by atoms with Crippen LogP contribution in [0.3, 0.4) is 0 Å². The van der Waals surface area contributed by atoms with Gasteiger partial charge >= 0.3 is 0 Å². The molecule has 0 spiro atoms. The van der Waals surface area contributed by atoms with Crippen molar-refractivity contribution in [1.82, 2.24) is 9.80 Å². The molecule has 1 aliphatic heterocycles. The van der Waals surface area contributed by atoms with Gasteiger partial charge in [0.05, 0.1) is 0 Å². The molecule has 0 aromatic heterocycles. The zero-order valence-corrected chi connectivity index (χ0v) is 23.6. The molecule has 3 heteroatoms. The summed E-state index contributed by atoms with van der Waals surface area (Å²) < 4.78 is 0. The second kappa shape index (κ2) is 14.6. The van der Waals surface area contributed by atoms with Crippen LogP contribution in [-0.4, -0.2) is 41.4 Å². The lowest BCUT2D eigenvalue weighted by Gasteiger charge is -2.44. The Balaban J connectivity index is 1.30. The molecular formula is C37H42N2O. The van der Waals surface area contributed by atoms with Crippen molar-refractivity contribution in [2.75, 3.05) is 19.6 Å². The van der Waals surface area contributed by atoms with Gasteiger partial charge < -0.3 is 4.90 Å². The van der Waals surface area contributed by atoms with Crippen LogP contribution >= 0.6 is 0 Å². The maximum Gasteiger partial charge on any atom is 0.244 e. The van der Waals surface area contributed by atoms with Crippen LogP contribution in [0.4, 0.5) is 0 Å². The Labute approximate surface area is 240 Å². The number of carbonyl (C=O) groups excluding carboxylic acids is 1. The average Bonchev–Trinajstić information content (AvgIpc) is 3.01. The van der Waals surface area contributed by atoms with Crippen LogP contribution in [0.2, 0.25) is 0 Å². The van der Waals surface area contributed by atoms with E-state index in [1.807, 2.05) is 6.07 Å². The van der Waals surface area contributed by atoms with Crippen molar-refractivity contribution >= 4 is 5.91 Å². The monoisotopic (exact) mass is 530 g/mol. The van der Waals surface area contributed by atoms with Gasteiger partial charge in [-0.2, -0.15) is 0 Å². The molecule has 5 rings (SSSR count). The van der Waals surface area contributed by atoms with Gasteiger partial charge in [0, 0.05) is 25.7 Å². The molecule has 206 valence electrons.